The molecule has 0 saturated heterocycles. The molecule has 90 valence electrons. The summed E-state index contributed by atoms with van der Waals surface area (Å²) in [6.07, 6.45) is 0.993. The van der Waals surface area contributed by atoms with Crippen LogP contribution in [0.5, 0.6) is 0 Å². The minimum atomic E-state index is 0.181. The van der Waals surface area contributed by atoms with Crippen LogP contribution in [-0.2, 0) is 0 Å². The van der Waals surface area contributed by atoms with Crippen molar-refractivity contribution in [3.8, 4) is 0 Å². The zero-order valence-corrected chi connectivity index (χ0v) is 11.3. The van der Waals surface area contributed by atoms with Crippen LogP contribution in [0.4, 0.5) is 0 Å². The fourth-order valence-electron chi connectivity index (χ4n) is 1.39. The summed E-state index contributed by atoms with van der Waals surface area (Å²) in [7, 11) is 4.20. The van der Waals surface area contributed by atoms with E-state index < -0.39 is 0 Å². The smallest absolute Gasteiger partial charge is 0.0292 e. The van der Waals surface area contributed by atoms with Gasteiger partial charge in [0.05, 0.1) is 0 Å². The molecule has 1 atom stereocenters. The molecule has 1 unspecified atom stereocenters. The summed E-state index contributed by atoms with van der Waals surface area (Å²) < 4.78 is 0. The zero-order valence-electron chi connectivity index (χ0n) is 10.4. The molecule has 1 aromatic carbocycles. The highest BCUT2D eigenvalue weighted by Crippen LogP contribution is 2.21. The Kier molecular flexibility index (Phi) is 5.88. The van der Waals surface area contributed by atoms with Crippen molar-refractivity contribution < 1.29 is 0 Å². The van der Waals surface area contributed by atoms with Crippen LogP contribution >= 0.6 is 11.8 Å². The molecule has 0 radical (unpaired) electrons. The highest BCUT2D eigenvalue weighted by atomic mass is 32.2. The summed E-state index contributed by atoms with van der Waals surface area (Å²) >= 11 is 1.89. The number of rotatable bonds is 6. The molecular weight excluding hydrogens is 216 g/mol. The molecule has 0 fully saturated rings. The molecule has 16 heavy (non-hydrogen) atoms. The third kappa shape index (κ3) is 4.56. The van der Waals surface area contributed by atoms with Crippen molar-refractivity contribution in [2.75, 3.05) is 26.4 Å². The van der Waals surface area contributed by atoms with Gasteiger partial charge in [-0.05, 0) is 38.2 Å². The van der Waals surface area contributed by atoms with Crippen LogP contribution in [0.1, 0.15) is 24.9 Å². The minimum Gasteiger partial charge on any atom is -0.324 e. The molecule has 0 amide bonds. The normalized spacial score (nSPS) is 13.1. The van der Waals surface area contributed by atoms with Crippen molar-refractivity contribution >= 4 is 11.8 Å². The van der Waals surface area contributed by atoms with Crippen LogP contribution in [-0.4, -0.2) is 31.3 Å². The number of nitrogens with two attached hydrogens (primary N) is 1. The van der Waals surface area contributed by atoms with Crippen molar-refractivity contribution in [1.82, 2.24) is 4.90 Å². The number of hydrogen-bond donors (Lipinski definition) is 1. The average molecular weight is 238 g/mol. The molecule has 0 spiro atoms. The first-order valence-electron chi connectivity index (χ1n) is 5.76. The number of thioether (sulfide) groups is 1. The lowest BCUT2D eigenvalue weighted by molar-refractivity contribution is 0.437. The maximum Gasteiger partial charge on any atom is 0.0292 e. The molecule has 0 aromatic heterocycles. The molecule has 0 heterocycles. The fourth-order valence-corrected chi connectivity index (χ4v) is 2.41. The van der Waals surface area contributed by atoms with Gasteiger partial charge in [0.2, 0.25) is 0 Å². The molecule has 0 bridgehead atoms. The largest absolute Gasteiger partial charge is 0.324 e. The van der Waals surface area contributed by atoms with E-state index in [-0.39, 0.29) is 6.04 Å². The molecule has 1 aromatic rings. The van der Waals surface area contributed by atoms with Crippen LogP contribution in [0.15, 0.2) is 29.2 Å². The van der Waals surface area contributed by atoms with E-state index in [9.17, 15) is 0 Å². The van der Waals surface area contributed by atoms with Crippen molar-refractivity contribution in [1.29, 1.82) is 0 Å². The number of hydrogen-bond acceptors (Lipinski definition) is 3. The SMILES string of the molecule is CCC(N)c1ccc(SCCN(C)C)cc1. The van der Waals surface area contributed by atoms with Crippen molar-refractivity contribution in [2.24, 2.45) is 5.73 Å². The Balaban J connectivity index is 2.45. The van der Waals surface area contributed by atoms with Gasteiger partial charge in [0.25, 0.3) is 0 Å². The molecular formula is C13H22N2S. The van der Waals surface area contributed by atoms with Gasteiger partial charge < -0.3 is 10.6 Å². The highest BCUT2D eigenvalue weighted by molar-refractivity contribution is 7.99. The van der Waals surface area contributed by atoms with E-state index in [1.807, 2.05) is 11.8 Å². The summed E-state index contributed by atoms with van der Waals surface area (Å²) in [5.41, 5.74) is 7.21. The van der Waals surface area contributed by atoms with E-state index in [2.05, 4.69) is 50.2 Å². The monoisotopic (exact) mass is 238 g/mol. The van der Waals surface area contributed by atoms with Crippen LogP contribution in [0.3, 0.4) is 0 Å². The summed E-state index contributed by atoms with van der Waals surface area (Å²) in [6.45, 7) is 3.23. The predicted molar refractivity (Wildman–Crippen MR) is 72.9 cm³/mol. The molecule has 0 aliphatic heterocycles. The second-order valence-electron chi connectivity index (χ2n) is 4.24. The van der Waals surface area contributed by atoms with E-state index >= 15 is 0 Å². The molecule has 0 saturated carbocycles. The van der Waals surface area contributed by atoms with E-state index in [1.165, 1.54) is 10.5 Å². The maximum atomic E-state index is 5.97. The first-order valence-corrected chi connectivity index (χ1v) is 6.75. The quantitative estimate of drug-likeness (QED) is 0.773. The van der Waals surface area contributed by atoms with Gasteiger partial charge >= 0.3 is 0 Å². The summed E-state index contributed by atoms with van der Waals surface area (Å²) in [5.74, 6) is 1.13. The molecule has 2 N–H and O–H groups in total. The van der Waals surface area contributed by atoms with Crippen LogP contribution in [0, 0.1) is 0 Å². The fraction of sp³-hybridized carbons (Fsp3) is 0.538. The first kappa shape index (κ1) is 13.6. The van der Waals surface area contributed by atoms with Gasteiger partial charge in [-0.25, -0.2) is 0 Å². The number of nitrogens with zero attached hydrogens (tertiary/aromatic N) is 1. The average Bonchev–Trinajstić information content (AvgIpc) is 2.28. The van der Waals surface area contributed by atoms with E-state index in [4.69, 9.17) is 5.73 Å². The lowest BCUT2D eigenvalue weighted by Crippen LogP contribution is -2.14. The van der Waals surface area contributed by atoms with Crippen LogP contribution in [0.25, 0.3) is 0 Å². The Labute approximate surface area is 103 Å². The molecule has 2 nitrogen and oxygen atoms in total. The van der Waals surface area contributed by atoms with Gasteiger partial charge in [0.15, 0.2) is 0 Å². The Morgan fingerprint density at radius 1 is 1.25 bits per heavy atom. The zero-order chi connectivity index (χ0) is 12.0. The van der Waals surface area contributed by atoms with Gasteiger partial charge in [-0.3, -0.25) is 0 Å². The molecule has 0 aliphatic carbocycles. The van der Waals surface area contributed by atoms with Crippen molar-refractivity contribution in [3.05, 3.63) is 29.8 Å². The Morgan fingerprint density at radius 2 is 1.88 bits per heavy atom. The molecule has 3 heteroatoms. The van der Waals surface area contributed by atoms with Gasteiger partial charge in [-0.1, -0.05) is 19.1 Å². The molecule has 1 rings (SSSR count). The highest BCUT2D eigenvalue weighted by Gasteiger charge is 2.02. The van der Waals surface area contributed by atoms with Gasteiger partial charge in [0.1, 0.15) is 0 Å². The minimum absolute atomic E-state index is 0.181. The topological polar surface area (TPSA) is 29.3 Å². The standard InChI is InChI=1S/C13H22N2S/c1-4-13(14)11-5-7-12(8-6-11)16-10-9-15(2)3/h5-8,13H,4,9-10,14H2,1-3H3. The lowest BCUT2D eigenvalue weighted by atomic mass is 10.1. The summed E-state index contributed by atoms with van der Waals surface area (Å²) in [6, 6.07) is 8.81. The first-order chi connectivity index (χ1) is 7.63. The third-order valence-corrected chi connectivity index (χ3v) is 3.55. The van der Waals surface area contributed by atoms with Crippen molar-refractivity contribution in [2.45, 2.75) is 24.3 Å². The van der Waals surface area contributed by atoms with Gasteiger partial charge in [-0.15, -0.1) is 11.8 Å². The second-order valence-corrected chi connectivity index (χ2v) is 5.40. The van der Waals surface area contributed by atoms with E-state index in [1.54, 1.807) is 0 Å². The molecule has 0 aliphatic rings. The summed E-state index contributed by atoms with van der Waals surface area (Å²) in [5, 5.41) is 0. The van der Waals surface area contributed by atoms with Gasteiger partial charge in [0, 0.05) is 23.2 Å². The third-order valence-electron chi connectivity index (χ3n) is 2.56. The second kappa shape index (κ2) is 6.94. The Bertz CT molecular complexity index is 295. The van der Waals surface area contributed by atoms with E-state index in [0.717, 1.165) is 18.7 Å². The maximum absolute atomic E-state index is 5.97. The van der Waals surface area contributed by atoms with Crippen molar-refractivity contribution in [3.63, 3.8) is 0 Å². The van der Waals surface area contributed by atoms with Crippen LogP contribution < -0.4 is 5.73 Å². The predicted octanol–water partition coefficient (Wildman–Crippen LogP) is 2.75. The lowest BCUT2D eigenvalue weighted by Gasteiger charge is -2.11. The van der Waals surface area contributed by atoms with Gasteiger partial charge in [-0.2, -0.15) is 0 Å². The Hall–Kier alpha value is -0.510. The van der Waals surface area contributed by atoms with E-state index in [0.29, 0.717) is 0 Å². The Morgan fingerprint density at radius 3 is 2.38 bits per heavy atom. The number of benzene rings is 1. The van der Waals surface area contributed by atoms with Crippen LogP contribution in [0.2, 0.25) is 0 Å². The summed E-state index contributed by atoms with van der Waals surface area (Å²) in [4.78, 5) is 3.53.